The lowest BCUT2D eigenvalue weighted by molar-refractivity contribution is -0.104. The van der Waals surface area contributed by atoms with Crippen molar-refractivity contribution in [2.75, 3.05) is 0 Å². The minimum absolute atomic E-state index is 0.777. The van der Waals surface area contributed by atoms with E-state index in [2.05, 4.69) is 4.98 Å². The second kappa shape index (κ2) is 3.27. The maximum absolute atomic E-state index is 10.1. The summed E-state index contributed by atoms with van der Waals surface area (Å²) in [5.74, 6) is 0. The predicted octanol–water partition coefficient (Wildman–Crippen LogP) is 2.38. The molecule has 13 heavy (non-hydrogen) atoms. The van der Waals surface area contributed by atoms with Crippen LogP contribution in [-0.4, -0.2) is 11.3 Å². The van der Waals surface area contributed by atoms with E-state index in [0.29, 0.717) is 0 Å². The molecule has 2 heteroatoms. The highest BCUT2D eigenvalue weighted by Crippen LogP contribution is 2.14. The molecule has 0 saturated heterocycles. The molecule has 0 amide bonds. The summed E-state index contributed by atoms with van der Waals surface area (Å²) in [6.07, 6.45) is 5.95. The van der Waals surface area contributed by atoms with E-state index in [4.69, 9.17) is 0 Å². The molecular formula is C11H9NO. The second-order valence-electron chi connectivity index (χ2n) is 2.82. The molecule has 0 bridgehead atoms. The van der Waals surface area contributed by atoms with Crippen LogP contribution >= 0.6 is 0 Å². The summed E-state index contributed by atoms with van der Waals surface area (Å²) in [7, 11) is 0. The molecule has 0 saturated carbocycles. The van der Waals surface area contributed by atoms with Crippen LogP contribution in [0.4, 0.5) is 0 Å². The lowest BCUT2D eigenvalue weighted by Gasteiger charge is -1.92. The van der Waals surface area contributed by atoms with Crippen molar-refractivity contribution in [1.29, 1.82) is 0 Å². The topological polar surface area (TPSA) is 32.9 Å². The van der Waals surface area contributed by atoms with Crippen LogP contribution < -0.4 is 0 Å². The maximum atomic E-state index is 10.1. The van der Waals surface area contributed by atoms with E-state index in [1.54, 1.807) is 6.08 Å². The number of rotatable bonds is 2. The van der Waals surface area contributed by atoms with Gasteiger partial charge in [-0.1, -0.05) is 18.2 Å². The van der Waals surface area contributed by atoms with E-state index in [0.717, 1.165) is 17.4 Å². The third kappa shape index (κ3) is 1.51. The first-order valence-corrected chi connectivity index (χ1v) is 4.09. The van der Waals surface area contributed by atoms with E-state index in [-0.39, 0.29) is 0 Å². The van der Waals surface area contributed by atoms with Gasteiger partial charge in [0.15, 0.2) is 0 Å². The van der Waals surface area contributed by atoms with Gasteiger partial charge in [-0.2, -0.15) is 0 Å². The number of hydrogen-bond acceptors (Lipinski definition) is 1. The Morgan fingerprint density at radius 2 is 2.15 bits per heavy atom. The van der Waals surface area contributed by atoms with E-state index >= 15 is 0 Å². The van der Waals surface area contributed by atoms with Crippen molar-refractivity contribution >= 4 is 23.3 Å². The standard InChI is InChI=1S/C11H9NO/c13-7-1-2-9-3-4-10-5-6-12-11(10)8-9/h1-8,12H/b2-1+. The van der Waals surface area contributed by atoms with Crippen molar-refractivity contribution < 1.29 is 4.79 Å². The number of carbonyl (C=O) groups excluding carboxylic acids is 1. The number of carbonyl (C=O) groups is 1. The molecule has 0 radical (unpaired) electrons. The van der Waals surface area contributed by atoms with Gasteiger partial charge >= 0.3 is 0 Å². The molecule has 1 aromatic carbocycles. The van der Waals surface area contributed by atoms with Crippen LogP contribution in [0.1, 0.15) is 5.56 Å². The highest BCUT2D eigenvalue weighted by atomic mass is 16.1. The van der Waals surface area contributed by atoms with Gasteiger partial charge < -0.3 is 4.98 Å². The Morgan fingerprint density at radius 3 is 3.00 bits per heavy atom. The van der Waals surface area contributed by atoms with Crippen LogP contribution in [0.15, 0.2) is 36.5 Å². The Morgan fingerprint density at radius 1 is 1.23 bits per heavy atom. The molecule has 2 nitrogen and oxygen atoms in total. The van der Waals surface area contributed by atoms with Gasteiger partial charge in [-0.3, -0.25) is 4.79 Å². The maximum Gasteiger partial charge on any atom is 0.142 e. The molecule has 0 spiro atoms. The Hall–Kier alpha value is -1.83. The van der Waals surface area contributed by atoms with Crippen LogP contribution in [-0.2, 0) is 4.79 Å². The minimum atomic E-state index is 0.777. The Bertz CT molecular complexity index is 454. The fourth-order valence-electron chi connectivity index (χ4n) is 1.32. The summed E-state index contributed by atoms with van der Waals surface area (Å²) >= 11 is 0. The van der Waals surface area contributed by atoms with Gasteiger partial charge in [0.1, 0.15) is 6.29 Å². The fourth-order valence-corrected chi connectivity index (χ4v) is 1.32. The normalized spacial score (nSPS) is 11.1. The van der Waals surface area contributed by atoms with E-state index in [9.17, 15) is 4.79 Å². The molecule has 64 valence electrons. The zero-order chi connectivity index (χ0) is 9.10. The third-order valence-electron chi connectivity index (χ3n) is 1.95. The average molecular weight is 171 g/mol. The number of allylic oxidation sites excluding steroid dienone is 1. The number of aromatic nitrogens is 1. The van der Waals surface area contributed by atoms with Crippen molar-refractivity contribution in [3.63, 3.8) is 0 Å². The molecule has 1 heterocycles. The van der Waals surface area contributed by atoms with Gasteiger partial charge in [0.25, 0.3) is 0 Å². The largest absolute Gasteiger partial charge is 0.361 e. The molecule has 2 aromatic rings. The van der Waals surface area contributed by atoms with Gasteiger partial charge in [-0.25, -0.2) is 0 Å². The van der Waals surface area contributed by atoms with Crippen molar-refractivity contribution in [1.82, 2.24) is 4.98 Å². The van der Waals surface area contributed by atoms with Crippen molar-refractivity contribution in [2.45, 2.75) is 0 Å². The molecule has 0 aliphatic heterocycles. The average Bonchev–Trinajstić information content (AvgIpc) is 2.61. The third-order valence-corrected chi connectivity index (χ3v) is 1.95. The summed E-state index contributed by atoms with van der Waals surface area (Å²) in [4.78, 5) is 13.2. The van der Waals surface area contributed by atoms with Gasteiger partial charge in [0.05, 0.1) is 0 Å². The van der Waals surface area contributed by atoms with Crippen molar-refractivity contribution in [2.24, 2.45) is 0 Å². The molecule has 0 atom stereocenters. The Balaban J connectivity index is 2.47. The quantitative estimate of drug-likeness (QED) is 0.546. The highest BCUT2D eigenvalue weighted by molar-refractivity contribution is 5.83. The Kier molecular flexibility index (Phi) is 1.96. The first-order chi connectivity index (χ1) is 6.40. The SMILES string of the molecule is O=C/C=C/c1ccc2cc[nH]c2c1. The molecule has 1 N–H and O–H groups in total. The van der Waals surface area contributed by atoms with Crippen LogP contribution in [0.2, 0.25) is 0 Å². The first kappa shape index (κ1) is 7.80. The molecule has 0 aliphatic carbocycles. The number of nitrogens with one attached hydrogen (secondary N) is 1. The zero-order valence-electron chi connectivity index (χ0n) is 7.03. The summed E-state index contributed by atoms with van der Waals surface area (Å²) in [5, 5.41) is 1.18. The van der Waals surface area contributed by atoms with Crippen LogP contribution in [0.3, 0.4) is 0 Å². The van der Waals surface area contributed by atoms with Gasteiger partial charge in [-0.15, -0.1) is 0 Å². The van der Waals surface area contributed by atoms with E-state index in [1.807, 2.05) is 30.5 Å². The van der Waals surface area contributed by atoms with Crippen LogP contribution in [0.25, 0.3) is 17.0 Å². The van der Waals surface area contributed by atoms with Crippen LogP contribution in [0.5, 0.6) is 0 Å². The van der Waals surface area contributed by atoms with Gasteiger partial charge in [0.2, 0.25) is 0 Å². The molecule has 0 unspecified atom stereocenters. The lowest BCUT2D eigenvalue weighted by Crippen LogP contribution is -1.72. The van der Waals surface area contributed by atoms with Crippen LogP contribution in [0, 0.1) is 0 Å². The first-order valence-electron chi connectivity index (χ1n) is 4.09. The summed E-state index contributed by atoms with van der Waals surface area (Å²) in [6, 6.07) is 8.03. The molecule has 1 aromatic heterocycles. The monoisotopic (exact) mass is 171 g/mol. The van der Waals surface area contributed by atoms with Crippen molar-refractivity contribution in [3.05, 3.63) is 42.1 Å². The predicted molar refractivity (Wildman–Crippen MR) is 53.4 cm³/mol. The summed E-state index contributed by atoms with van der Waals surface area (Å²) in [5.41, 5.74) is 2.12. The number of aromatic amines is 1. The number of fused-ring (bicyclic) bond motifs is 1. The minimum Gasteiger partial charge on any atom is -0.361 e. The van der Waals surface area contributed by atoms with E-state index in [1.165, 1.54) is 11.5 Å². The lowest BCUT2D eigenvalue weighted by atomic mass is 10.1. The summed E-state index contributed by atoms with van der Waals surface area (Å²) < 4.78 is 0. The van der Waals surface area contributed by atoms with Crippen molar-refractivity contribution in [3.8, 4) is 0 Å². The second-order valence-corrected chi connectivity index (χ2v) is 2.82. The number of H-pyrrole nitrogens is 1. The van der Waals surface area contributed by atoms with Gasteiger partial charge in [0, 0.05) is 11.7 Å². The molecule has 0 fully saturated rings. The fraction of sp³-hybridized carbons (Fsp3) is 0. The molecule has 2 rings (SSSR count). The Labute approximate surface area is 75.9 Å². The number of hydrogen-bond donors (Lipinski definition) is 1. The summed E-state index contributed by atoms with van der Waals surface area (Å²) in [6.45, 7) is 0. The smallest absolute Gasteiger partial charge is 0.142 e. The molecular weight excluding hydrogens is 162 g/mol. The zero-order valence-corrected chi connectivity index (χ0v) is 7.03. The highest BCUT2D eigenvalue weighted by Gasteiger charge is 1.93. The number of aldehydes is 1. The van der Waals surface area contributed by atoms with Gasteiger partial charge in [-0.05, 0) is 29.2 Å². The number of benzene rings is 1. The molecule has 0 aliphatic rings. The van der Waals surface area contributed by atoms with E-state index < -0.39 is 0 Å².